The van der Waals surface area contributed by atoms with Crippen molar-refractivity contribution >= 4 is 22.5 Å². The van der Waals surface area contributed by atoms with Crippen LogP contribution in [-0.4, -0.2) is 19.7 Å². The van der Waals surface area contributed by atoms with E-state index in [1.807, 2.05) is 30.3 Å². The van der Waals surface area contributed by atoms with Gasteiger partial charge in [-0.2, -0.15) is 4.98 Å². The van der Waals surface area contributed by atoms with Gasteiger partial charge in [-0.15, -0.1) is 0 Å². The Hall–Kier alpha value is -3.97. The monoisotopic (exact) mass is 444 g/mol. The van der Waals surface area contributed by atoms with Gasteiger partial charge in [0.15, 0.2) is 0 Å². The summed E-state index contributed by atoms with van der Waals surface area (Å²) in [5, 5.41) is 5.04. The van der Waals surface area contributed by atoms with Crippen LogP contribution in [0, 0.1) is 0 Å². The SMILES string of the molecule is O=c1[nH]c2cc(-c3nc(-c4ccc(Cl)cc4)no3)ccc2c(=O)n1CCc1ccccc1. The summed E-state index contributed by atoms with van der Waals surface area (Å²) < 4.78 is 6.61. The molecule has 32 heavy (non-hydrogen) atoms. The molecular formula is C24H17ClN4O3. The van der Waals surface area contributed by atoms with Crippen LogP contribution in [0.2, 0.25) is 5.02 Å². The number of rotatable bonds is 5. The van der Waals surface area contributed by atoms with Crippen molar-refractivity contribution in [3.05, 3.63) is 104 Å². The molecule has 0 saturated carbocycles. The molecule has 0 radical (unpaired) electrons. The smallest absolute Gasteiger partial charge is 0.328 e. The number of nitrogens with zero attached hydrogens (tertiary/aromatic N) is 3. The van der Waals surface area contributed by atoms with Crippen LogP contribution in [0.1, 0.15) is 5.56 Å². The number of aromatic amines is 1. The van der Waals surface area contributed by atoms with Gasteiger partial charge in [-0.05, 0) is 54.4 Å². The molecular weight excluding hydrogens is 428 g/mol. The van der Waals surface area contributed by atoms with Crippen molar-refractivity contribution in [1.82, 2.24) is 19.7 Å². The van der Waals surface area contributed by atoms with Crippen molar-refractivity contribution in [2.24, 2.45) is 0 Å². The van der Waals surface area contributed by atoms with Gasteiger partial charge in [0.1, 0.15) is 0 Å². The van der Waals surface area contributed by atoms with E-state index in [1.54, 1.807) is 42.5 Å². The Bertz CT molecular complexity index is 1520. The zero-order valence-electron chi connectivity index (χ0n) is 16.8. The van der Waals surface area contributed by atoms with Crippen molar-refractivity contribution in [2.45, 2.75) is 13.0 Å². The first-order valence-electron chi connectivity index (χ1n) is 9.99. The van der Waals surface area contributed by atoms with Crippen LogP contribution in [0.3, 0.4) is 0 Å². The fourth-order valence-corrected chi connectivity index (χ4v) is 3.66. The van der Waals surface area contributed by atoms with Gasteiger partial charge in [0.05, 0.1) is 10.9 Å². The molecule has 7 nitrogen and oxygen atoms in total. The molecule has 0 amide bonds. The van der Waals surface area contributed by atoms with E-state index in [4.69, 9.17) is 16.1 Å². The van der Waals surface area contributed by atoms with Gasteiger partial charge in [-0.1, -0.05) is 47.1 Å². The Morgan fingerprint density at radius 3 is 2.47 bits per heavy atom. The maximum atomic E-state index is 12.9. The lowest BCUT2D eigenvalue weighted by atomic mass is 10.1. The molecule has 5 aromatic rings. The number of fused-ring (bicyclic) bond motifs is 1. The average Bonchev–Trinajstić information content (AvgIpc) is 3.30. The molecule has 0 atom stereocenters. The van der Waals surface area contributed by atoms with Crippen LogP contribution in [0.15, 0.2) is 86.9 Å². The topological polar surface area (TPSA) is 93.8 Å². The van der Waals surface area contributed by atoms with Crippen LogP contribution in [0.4, 0.5) is 0 Å². The second kappa shape index (κ2) is 8.28. The van der Waals surface area contributed by atoms with E-state index in [-0.39, 0.29) is 11.4 Å². The lowest BCUT2D eigenvalue weighted by Gasteiger charge is -2.07. The largest absolute Gasteiger partial charge is 0.334 e. The van der Waals surface area contributed by atoms with Crippen molar-refractivity contribution in [3.8, 4) is 22.8 Å². The third kappa shape index (κ3) is 3.86. The highest BCUT2D eigenvalue weighted by Crippen LogP contribution is 2.24. The van der Waals surface area contributed by atoms with Gasteiger partial charge in [-0.3, -0.25) is 9.36 Å². The summed E-state index contributed by atoms with van der Waals surface area (Å²) in [5.41, 5.74) is 2.05. The Kier molecular flexibility index (Phi) is 5.17. The van der Waals surface area contributed by atoms with Gasteiger partial charge in [0, 0.05) is 22.7 Å². The molecule has 0 saturated heterocycles. The van der Waals surface area contributed by atoms with Crippen molar-refractivity contribution in [1.29, 1.82) is 0 Å². The number of hydrogen-bond acceptors (Lipinski definition) is 5. The lowest BCUT2D eigenvalue weighted by molar-refractivity contribution is 0.432. The normalized spacial score (nSPS) is 11.2. The van der Waals surface area contributed by atoms with Crippen LogP contribution < -0.4 is 11.2 Å². The van der Waals surface area contributed by atoms with E-state index in [1.165, 1.54) is 4.57 Å². The highest BCUT2D eigenvalue weighted by atomic mass is 35.5. The minimum atomic E-state index is -0.456. The summed E-state index contributed by atoms with van der Waals surface area (Å²) in [6.07, 6.45) is 0.586. The molecule has 8 heteroatoms. The van der Waals surface area contributed by atoms with Crippen molar-refractivity contribution in [2.75, 3.05) is 0 Å². The molecule has 0 aliphatic carbocycles. The molecule has 0 spiro atoms. The maximum absolute atomic E-state index is 12.9. The molecule has 2 heterocycles. The molecule has 0 fully saturated rings. The van der Waals surface area contributed by atoms with Crippen LogP contribution >= 0.6 is 11.6 Å². The van der Waals surface area contributed by atoms with Gasteiger partial charge in [0.2, 0.25) is 5.82 Å². The second-order valence-corrected chi connectivity index (χ2v) is 7.75. The number of halogens is 1. The van der Waals surface area contributed by atoms with E-state index in [0.717, 1.165) is 11.1 Å². The number of aryl methyl sites for hydroxylation is 1. The Morgan fingerprint density at radius 1 is 0.938 bits per heavy atom. The molecule has 1 N–H and O–H groups in total. The highest BCUT2D eigenvalue weighted by Gasteiger charge is 2.14. The minimum Gasteiger partial charge on any atom is -0.334 e. The Labute approximate surface area is 186 Å². The molecule has 158 valence electrons. The highest BCUT2D eigenvalue weighted by molar-refractivity contribution is 6.30. The quantitative estimate of drug-likeness (QED) is 0.436. The molecule has 2 aromatic heterocycles. The summed E-state index contributed by atoms with van der Waals surface area (Å²) in [4.78, 5) is 32.7. The molecule has 5 rings (SSSR count). The zero-order valence-corrected chi connectivity index (χ0v) is 17.5. The first kappa shape index (κ1) is 20.0. The first-order chi connectivity index (χ1) is 15.6. The number of hydrogen-bond donors (Lipinski definition) is 1. The molecule has 0 unspecified atom stereocenters. The average molecular weight is 445 g/mol. The van der Waals surface area contributed by atoms with E-state index in [0.29, 0.717) is 40.3 Å². The van der Waals surface area contributed by atoms with Gasteiger partial charge in [0.25, 0.3) is 11.4 Å². The zero-order chi connectivity index (χ0) is 22.1. The van der Waals surface area contributed by atoms with Crippen molar-refractivity contribution in [3.63, 3.8) is 0 Å². The second-order valence-electron chi connectivity index (χ2n) is 7.31. The fourth-order valence-electron chi connectivity index (χ4n) is 3.53. The molecule has 3 aromatic carbocycles. The van der Waals surface area contributed by atoms with E-state index < -0.39 is 5.69 Å². The van der Waals surface area contributed by atoms with Gasteiger partial charge >= 0.3 is 5.69 Å². The number of aromatic nitrogens is 4. The van der Waals surface area contributed by atoms with Crippen molar-refractivity contribution < 1.29 is 4.52 Å². The van der Waals surface area contributed by atoms with Crippen LogP contribution in [0.25, 0.3) is 33.7 Å². The Balaban J connectivity index is 1.46. The van der Waals surface area contributed by atoms with Gasteiger partial charge < -0.3 is 9.51 Å². The third-order valence-corrected chi connectivity index (χ3v) is 5.48. The molecule has 0 aliphatic heterocycles. The number of H-pyrrole nitrogens is 1. The summed E-state index contributed by atoms with van der Waals surface area (Å²) in [6.45, 7) is 0.296. The summed E-state index contributed by atoms with van der Waals surface area (Å²) in [5.74, 6) is 0.701. The summed E-state index contributed by atoms with van der Waals surface area (Å²) >= 11 is 5.92. The van der Waals surface area contributed by atoms with E-state index in [9.17, 15) is 9.59 Å². The first-order valence-corrected chi connectivity index (χ1v) is 10.4. The van der Waals surface area contributed by atoms with Crippen LogP contribution in [-0.2, 0) is 13.0 Å². The molecule has 0 aliphatic rings. The van der Waals surface area contributed by atoms with E-state index >= 15 is 0 Å². The summed E-state index contributed by atoms with van der Waals surface area (Å²) in [7, 11) is 0. The van der Waals surface area contributed by atoms with Crippen LogP contribution in [0.5, 0.6) is 0 Å². The lowest BCUT2D eigenvalue weighted by Crippen LogP contribution is -2.35. The maximum Gasteiger partial charge on any atom is 0.328 e. The molecule has 0 bridgehead atoms. The minimum absolute atomic E-state index is 0.283. The van der Waals surface area contributed by atoms with E-state index in [2.05, 4.69) is 15.1 Å². The third-order valence-electron chi connectivity index (χ3n) is 5.22. The predicted molar refractivity (Wildman–Crippen MR) is 123 cm³/mol. The fraction of sp³-hybridized carbons (Fsp3) is 0.0833. The predicted octanol–water partition coefficient (Wildman–Crippen LogP) is 4.30. The standard InChI is InChI=1S/C24H17ClN4O3/c25-18-9-6-16(7-10-18)21-27-22(32-28-21)17-8-11-19-20(14-17)26-24(31)29(23(19)30)13-12-15-4-2-1-3-5-15/h1-11,14H,12-13H2,(H,26,31). The number of benzene rings is 3. The van der Waals surface area contributed by atoms with Gasteiger partial charge in [-0.25, -0.2) is 4.79 Å². The summed E-state index contributed by atoms with van der Waals surface area (Å²) in [6, 6.07) is 21.9. The Morgan fingerprint density at radius 2 is 1.69 bits per heavy atom. The number of nitrogens with one attached hydrogen (secondary N) is 1.